The zero-order chi connectivity index (χ0) is 13.0. The van der Waals surface area contributed by atoms with E-state index in [1.165, 1.54) is 18.2 Å². The molecule has 0 aromatic heterocycles. The van der Waals surface area contributed by atoms with E-state index in [4.69, 9.17) is 5.73 Å². The van der Waals surface area contributed by atoms with Crippen molar-refractivity contribution < 1.29 is 9.18 Å². The van der Waals surface area contributed by atoms with Gasteiger partial charge in [-0.1, -0.05) is 6.08 Å². The Morgan fingerprint density at radius 2 is 2.24 bits per heavy atom. The van der Waals surface area contributed by atoms with Crippen LogP contribution in [0.25, 0.3) is 0 Å². The maximum absolute atomic E-state index is 13.0. The van der Waals surface area contributed by atoms with Gasteiger partial charge in [-0.15, -0.1) is 6.58 Å². The molecule has 0 atom stereocenters. The van der Waals surface area contributed by atoms with E-state index in [2.05, 4.69) is 6.58 Å². The van der Waals surface area contributed by atoms with E-state index in [-0.39, 0.29) is 17.6 Å². The Hall–Kier alpha value is -1.84. The number of nitrogens with zero attached hydrogens (tertiary/aromatic N) is 1. The molecule has 3 nitrogen and oxygen atoms in total. The van der Waals surface area contributed by atoms with E-state index in [0.717, 1.165) is 0 Å². The largest absolute Gasteiger partial charge is 0.396 e. The number of halogens is 1. The topological polar surface area (TPSA) is 46.3 Å². The van der Waals surface area contributed by atoms with Gasteiger partial charge in [-0.25, -0.2) is 4.39 Å². The summed E-state index contributed by atoms with van der Waals surface area (Å²) in [7, 11) is 0. The second-order valence-electron chi connectivity index (χ2n) is 4.08. The summed E-state index contributed by atoms with van der Waals surface area (Å²) < 4.78 is 13.0. The molecule has 1 aromatic rings. The predicted molar refractivity (Wildman–Crippen MR) is 67.2 cm³/mol. The molecule has 0 aliphatic heterocycles. The van der Waals surface area contributed by atoms with E-state index in [9.17, 15) is 9.18 Å². The van der Waals surface area contributed by atoms with Gasteiger partial charge in [0.25, 0.3) is 5.91 Å². The van der Waals surface area contributed by atoms with Crippen LogP contribution in [-0.4, -0.2) is 23.4 Å². The molecule has 0 fully saturated rings. The van der Waals surface area contributed by atoms with Crippen LogP contribution in [0.1, 0.15) is 24.2 Å². The number of nitrogens with two attached hydrogens (primary N) is 1. The lowest BCUT2D eigenvalue weighted by molar-refractivity contribution is 0.0729. The number of hydrogen-bond acceptors (Lipinski definition) is 2. The zero-order valence-corrected chi connectivity index (χ0v) is 10.1. The second-order valence-corrected chi connectivity index (χ2v) is 4.08. The molecule has 0 spiro atoms. The fourth-order valence-electron chi connectivity index (χ4n) is 1.51. The van der Waals surface area contributed by atoms with Crippen LogP contribution in [0.2, 0.25) is 0 Å². The normalized spacial score (nSPS) is 10.4. The lowest BCUT2D eigenvalue weighted by atomic mass is 10.1. The first kappa shape index (κ1) is 13.2. The van der Waals surface area contributed by atoms with Crippen LogP contribution in [0.15, 0.2) is 30.9 Å². The highest BCUT2D eigenvalue weighted by Crippen LogP contribution is 2.15. The van der Waals surface area contributed by atoms with Crippen molar-refractivity contribution in [3.63, 3.8) is 0 Å². The Morgan fingerprint density at radius 3 is 2.71 bits per heavy atom. The van der Waals surface area contributed by atoms with Crippen molar-refractivity contribution in [3.05, 3.63) is 42.2 Å². The number of carbonyl (C=O) groups is 1. The van der Waals surface area contributed by atoms with Crippen LogP contribution in [-0.2, 0) is 0 Å². The molecule has 0 aliphatic carbocycles. The Morgan fingerprint density at radius 1 is 1.59 bits per heavy atom. The van der Waals surface area contributed by atoms with Gasteiger partial charge in [-0.3, -0.25) is 4.79 Å². The molecule has 0 saturated heterocycles. The van der Waals surface area contributed by atoms with Crippen LogP contribution in [0.3, 0.4) is 0 Å². The summed E-state index contributed by atoms with van der Waals surface area (Å²) in [4.78, 5) is 13.8. The van der Waals surface area contributed by atoms with Crippen molar-refractivity contribution in [3.8, 4) is 0 Å². The highest BCUT2D eigenvalue weighted by Gasteiger charge is 2.18. The standard InChI is InChI=1S/C13H17FN2O/c1-4-7-16(9(2)3)13(17)10-5-6-11(14)12(15)8-10/h4-6,8-9H,1,7,15H2,2-3H3. The molecule has 1 rings (SSSR count). The SMILES string of the molecule is C=CCN(C(=O)c1ccc(F)c(N)c1)C(C)C. The maximum atomic E-state index is 13.0. The molecule has 0 heterocycles. The van der Waals surface area contributed by atoms with Gasteiger partial charge < -0.3 is 10.6 Å². The minimum atomic E-state index is -0.513. The van der Waals surface area contributed by atoms with E-state index < -0.39 is 5.82 Å². The van der Waals surface area contributed by atoms with Gasteiger partial charge in [0.2, 0.25) is 0 Å². The number of benzene rings is 1. The monoisotopic (exact) mass is 236 g/mol. The van der Waals surface area contributed by atoms with Gasteiger partial charge in [-0.05, 0) is 32.0 Å². The molecular formula is C13H17FN2O. The van der Waals surface area contributed by atoms with Crippen LogP contribution < -0.4 is 5.73 Å². The van der Waals surface area contributed by atoms with Gasteiger partial charge in [0.1, 0.15) is 5.82 Å². The van der Waals surface area contributed by atoms with E-state index in [0.29, 0.717) is 12.1 Å². The zero-order valence-electron chi connectivity index (χ0n) is 10.1. The summed E-state index contributed by atoms with van der Waals surface area (Å²) in [5, 5.41) is 0. The van der Waals surface area contributed by atoms with E-state index in [1.54, 1.807) is 11.0 Å². The molecule has 17 heavy (non-hydrogen) atoms. The number of amides is 1. The summed E-state index contributed by atoms with van der Waals surface area (Å²) in [5.74, 6) is -0.687. The smallest absolute Gasteiger partial charge is 0.254 e. The minimum Gasteiger partial charge on any atom is -0.396 e. The third kappa shape index (κ3) is 3.06. The van der Waals surface area contributed by atoms with Crippen LogP contribution in [0, 0.1) is 5.82 Å². The highest BCUT2D eigenvalue weighted by atomic mass is 19.1. The second kappa shape index (κ2) is 5.48. The van der Waals surface area contributed by atoms with Gasteiger partial charge >= 0.3 is 0 Å². The fraction of sp³-hybridized carbons (Fsp3) is 0.308. The highest BCUT2D eigenvalue weighted by molar-refractivity contribution is 5.95. The Labute approximate surface area is 101 Å². The summed E-state index contributed by atoms with van der Waals surface area (Å²) in [6.07, 6.45) is 1.66. The van der Waals surface area contributed by atoms with Crippen molar-refractivity contribution in [2.45, 2.75) is 19.9 Å². The van der Waals surface area contributed by atoms with Gasteiger partial charge in [-0.2, -0.15) is 0 Å². The van der Waals surface area contributed by atoms with Gasteiger partial charge in [0.05, 0.1) is 5.69 Å². The molecule has 4 heteroatoms. The van der Waals surface area contributed by atoms with Gasteiger partial charge in [0.15, 0.2) is 0 Å². The first-order chi connectivity index (χ1) is 7.97. The summed E-state index contributed by atoms with van der Waals surface area (Å²) in [6, 6.07) is 4.05. The average molecular weight is 236 g/mol. The van der Waals surface area contributed by atoms with Crippen molar-refractivity contribution in [2.75, 3.05) is 12.3 Å². The number of anilines is 1. The van der Waals surface area contributed by atoms with E-state index >= 15 is 0 Å². The molecule has 1 amide bonds. The van der Waals surface area contributed by atoms with Crippen molar-refractivity contribution in [1.29, 1.82) is 0 Å². The maximum Gasteiger partial charge on any atom is 0.254 e. The number of nitrogen functional groups attached to an aromatic ring is 1. The predicted octanol–water partition coefficient (Wildman–Crippen LogP) is 2.44. The quantitative estimate of drug-likeness (QED) is 0.644. The van der Waals surface area contributed by atoms with E-state index in [1.807, 2.05) is 13.8 Å². The molecule has 0 radical (unpaired) electrons. The molecular weight excluding hydrogens is 219 g/mol. The lowest BCUT2D eigenvalue weighted by Crippen LogP contribution is -2.37. The first-order valence-electron chi connectivity index (χ1n) is 5.44. The van der Waals surface area contributed by atoms with Crippen molar-refractivity contribution in [2.24, 2.45) is 0 Å². The summed E-state index contributed by atoms with van der Waals surface area (Å²) in [5.41, 5.74) is 5.82. The Balaban J connectivity index is 3.00. The third-order valence-electron chi connectivity index (χ3n) is 2.45. The lowest BCUT2D eigenvalue weighted by Gasteiger charge is -2.25. The Kier molecular flexibility index (Phi) is 4.26. The molecule has 0 unspecified atom stereocenters. The number of rotatable bonds is 4. The number of carbonyl (C=O) groups excluding carboxylic acids is 1. The fourth-order valence-corrected chi connectivity index (χ4v) is 1.51. The first-order valence-corrected chi connectivity index (χ1v) is 5.44. The van der Waals surface area contributed by atoms with Crippen LogP contribution >= 0.6 is 0 Å². The molecule has 2 N–H and O–H groups in total. The van der Waals surface area contributed by atoms with Crippen LogP contribution in [0.4, 0.5) is 10.1 Å². The summed E-state index contributed by atoms with van der Waals surface area (Å²) >= 11 is 0. The van der Waals surface area contributed by atoms with Crippen LogP contribution in [0.5, 0.6) is 0 Å². The van der Waals surface area contributed by atoms with Crippen molar-refractivity contribution in [1.82, 2.24) is 4.90 Å². The molecule has 1 aromatic carbocycles. The summed E-state index contributed by atoms with van der Waals surface area (Å²) in [6.45, 7) is 7.89. The molecule has 0 saturated carbocycles. The van der Waals surface area contributed by atoms with Crippen molar-refractivity contribution >= 4 is 11.6 Å². The number of hydrogen-bond donors (Lipinski definition) is 1. The van der Waals surface area contributed by atoms with Gasteiger partial charge in [0, 0.05) is 18.2 Å². The molecule has 92 valence electrons. The Bertz CT molecular complexity index is 429. The molecule has 0 aliphatic rings. The average Bonchev–Trinajstić information content (AvgIpc) is 2.28. The minimum absolute atomic E-state index is 0.0156. The third-order valence-corrected chi connectivity index (χ3v) is 2.45. The molecule has 0 bridgehead atoms.